The van der Waals surface area contributed by atoms with Gasteiger partial charge in [-0.3, -0.25) is 14.5 Å². The molecular formula is C19H24N6O3. The van der Waals surface area contributed by atoms with Crippen LogP contribution >= 0.6 is 0 Å². The van der Waals surface area contributed by atoms with E-state index in [0.717, 1.165) is 16.0 Å². The van der Waals surface area contributed by atoms with Gasteiger partial charge in [-0.1, -0.05) is 29.5 Å². The number of amides is 4. The molecule has 1 aromatic carbocycles. The lowest BCUT2D eigenvalue weighted by Crippen LogP contribution is -2.41. The van der Waals surface area contributed by atoms with Crippen molar-refractivity contribution in [2.24, 2.45) is 0 Å². The molecule has 0 spiro atoms. The van der Waals surface area contributed by atoms with Crippen molar-refractivity contribution < 1.29 is 14.4 Å². The van der Waals surface area contributed by atoms with E-state index < -0.39 is 23.9 Å². The van der Waals surface area contributed by atoms with Crippen molar-refractivity contribution in [3.63, 3.8) is 0 Å². The van der Waals surface area contributed by atoms with Crippen LogP contribution < -0.4 is 10.6 Å². The van der Waals surface area contributed by atoms with Crippen molar-refractivity contribution in [2.45, 2.75) is 45.8 Å². The van der Waals surface area contributed by atoms with Gasteiger partial charge >= 0.3 is 6.03 Å². The van der Waals surface area contributed by atoms with E-state index in [9.17, 15) is 14.4 Å². The van der Waals surface area contributed by atoms with Crippen LogP contribution in [-0.4, -0.2) is 50.3 Å². The first-order chi connectivity index (χ1) is 13.3. The third-order valence-corrected chi connectivity index (χ3v) is 4.65. The Kier molecular flexibility index (Phi) is 5.72. The molecule has 148 valence electrons. The largest absolute Gasteiger partial charge is 0.350 e. The SMILES string of the molecule is Cc1ccccc1CNC(=O)CN1C(=O)N[C@@H](Cc2cn(C(C)C)nn2)C1=O. The normalized spacial score (nSPS) is 16.6. The number of imide groups is 1. The monoisotopic (exact) mass is 384 g/mol. The van der Waals surface area contributed by atoms with Gasteiger partial charge in [0.15, 0.2) is 0 Å². The first-order valence-electron chi connectivity index (χ1n) is 9.19. The van der Waals surface area contributed by atoms with E-state index in [-0.39, 0.29) is 19.0 Å². The number of hydrogen-bond acceptors (Lipinski definition) is 5. The topological polar surface area (TPSA) is 109 Å². The molecule has 1 fully saturated rings. The van der Waals surface area contributed by atoms with Crippen molar-refractivity contribution in [3.05, 3.63) is 47.3 Å². The van der Waals surface area contributed by atoms with Gasteiger partial charge in [0.05, 0.1) is 5.69 Å². The molecule has 0 bridgehead atoms. The molecule has 2 N–H and O–H groups in total. The Labute approximate surface area is 163 Å². The third-order valence-electron chi connectivity index (χ3n) is 4.65. The van der Waals surface area contributed by atoms with Gasteiger partial charge in [0, 0.05) is 25.2 Å². The van der Waals surface area contributed by atoms with Gasteiger partial charge in [-0.25, -0.2) is 9.48 Å². The predicted molar refractivity (Wildman–Crippen MR) is 101 cm³/mol. The molecule has 1 aliphatic heterocycles. The molecule has 1 atom stereocenters. The molecule has 0 unspecified atom stereocenters. The first-order valence-corrected chi connectivity index (χ1v) is 9.19. The predicted octanol–water partition coefficient (Wildman–Crippen LogP) is 0.947. The Morgan fingerprint density at radius 1 is 1.29 bits per heavy atom. The Bertz CT molecular complexity index is 891. The number of nitrogens with zero attached hydrogens (tertiary/aromatic N) is 4. The number of rotatable bonds is 7. The maximum atomic E-state index is 12.5. The molecule has 1 saturated heterocycles. The van der Waals surface area contributed by atoms with E-state index in [1.165, 1.54) is 0 Å². The maximum absolute atomic E-state index is 12.5. The molecule has 4 amide bonds. The number of benzene rings is 1. The van der Waals surface area contributed by atoms with Crippen LogP contribution in [-0.2, 0) is 22.6 Å². The first kappa shape index (κ1) is 19.5. The second-order valence-electron chi connectivity index (χ2n) is 7.12. The standard InChI is InChI=1S/C19H24N6O3/c1-12(2)25-10-15(22-23-25)8-16-18(27)24(19(28)21-16)11-17(26)20-9-14-7-5-4-6-13(14)3/h4-7,10,12,16H,8-9,11H2,1-3H3,(H,20,26)(H,21,28)/t16-/m0/s1. The third kappa shape index (κ3) is 4.36. The molecule has 1 aromatic heterocycles. The summed E-state index contributed by atoms with van der Waals surface area (Å²) < 4.78 is 1.69. The molecule has 3 rings (SSSR count). The molecule has 28 heavy (non-hydrogen) atoms. The van der Waals surface area contributed by atoms with E-state index >= 15 is 0 Å². The average molecular weight is 384 g/mol. The highest BCUT2D eigenvalue weighted by atomic mass is 16.2. The lowest BCUT2D eigenvalue weighted by atomic mass is 10.1. The van der Waals surface area contributed by atoms with Crippen LogP contribution in [0.2, 0.25) is 0 Å². The zero-order valence-corrected chi connectivity index (χ0v) is 16.2. The summed E-state index contributed by atoms with van der Waals surface area (Å²) in [5.41, 5.74) is 2.66. The van der Waals surface area contributed by atoms with Gasteiger partial charge in [-0.2, -0.15) is 0 Å². The smallest absolute Gasteiger partial charge is 0.325 e. The van der Waals surface area contributed by atoms with Crippen LogP contribution in [0, 0.1) is 6.92 Å². The fourth-order valence-electron chi connectivity index (χ4n) is 2.94. The molecule has 9 heteroatoms. The van der Waals surface area contributed by atoms with Crippen molar-refractivity contribution in [1.29, 1.82) is 0 Å². The number of carbonyl (C=O) groups is 3. The van der Waals surface area contributed by atoms with Crippen LogP contribution in [0.15, 0.2) is 30.5 Å². The number of aromatic nitrogens is 3. The van der Waals surface area contributed by atoms with Crippen LogP contribution in [0.5, 0.6) is 0 Å². The average Bonchev–Trinajstić information content (AvgIpc) is 3.22. The van der Waals surface area contributed by atoms with E-state index in [1.807, 2.05) is 45.0 Å². The number of hydrogen-bond donors (Lipinski definition) is 2. The minimum Gasteiger partial charge on any atom is -0.350 e. The molecule has 1 aliphatic rings. The summed E-state index contributed by atoms with van der Waals surface area (Å²) >= 11 is 0. The number of aryl methyl sites for hydroxylation is 1. The van der Waals surface area contributed by atoms with Gasteiger partial charge in [0.1, 0.15) is 12.6 Å². The van der Waals surface area contributed by atoms with Crippen LogP contribution in [0.25, 0.3) is 0 Å². The molecule has 0 radical (unpaired) electrons. The summed E-state index contributed by atoms with van der Waals surface area (Å²) in [6.45, 7) is 5.93. The highest BCUT2D eigenvalue weighted by molar-refractivity contribution is 6.06. The molecule has 2 aromatic rings. The van der Waals surface area contributed by atoms with Crippen molar-refractivity contribution in [2.75, 3.05) is 6.54 Å². The van der Waals surface area contributed by atoms with Crippen LogP contribution in [0.3, 0.4) is 0 Å². The lowest BCUT2D eigenvalue weighted by Gasteiger charge is -2.13. The van der Waals surface area contributed by atoms with Gasteiger partial charge in [0.2, 0.25) is 5.91 Å². The van der Waals surface area contributed by atoms with Gasteiger partial charge in [-0.15, -0.1) is 5.10 Å². The van der Waals surface area contributed by atoms with Crippen molar-refractivity contribution in [1.82, 2.24) is 30.5 Å². The highest BCUT2D eigenvalue weighted by Gasteiger charge is 2.39. The molecular weight excluding hydrogens is 360 g/mol. The summed E-state index contributed by atoms with van der Waals surface area (Å²) in [4.78, 5) is 37.8. The maximum Gasteiger partial charge on any atom is 0.325 e. The minimum absolute atomic E-state index is 0.156. The van der Waals surface area contributed by atoms with Gasteiger partial charge < -0.3 is 10.6 Å². The van der Waals surface area contributed by atoms with Gasteiger partial charge in [0.25, 0.3) is 5.91 Å². The fraction of sp³-hybridized carbons (Fsp3) is 0.421. The Balaban J connectivity index is 1.55. The molecule has 0 saturated carbocycles. The van der Waals surface area contributed by atoms with Gasteiger partial charge in [-0.05, 0) is 31.9 Å². The molecule has 2 heterocycles. The highest BCUT2D eigenvalue weighted by Crippen LogP contribution is 2.12. The lowest BCUT2D eigenvalue weighted by molar-refractivity contribution is -0.132. The van der Waals surface area contributed by atoms with E-state index in [0.29, 0.717) is 12.2 Å². The minimum atomic E-state index is -0.742. The summed E-state index contributed by atoms with van der Waals surface area (Å²) in [5, 5.41) is 13.4. The zero-order valence-electron chi connectivity index (χ0n) is 16.2. The Morgan fingerprint density at radius 3 is 2.71 bits per heavy atom. The van der Waals surface area contributed by atoms with Crippen LogP contribution in [0.4, 0.5) is 4.79 Å². The number of nitrogens with one attached hydrogen (secondary N) is 2. The number of urea groups is 1. The Hall–Kier alpha value is -3.23. The van der Waals surface area contributed by atoms with E-state index in [1.54, 1.807) is 10.9 Å². The fourth-order valence-corrected chi connectivity index (χ4v) is 2.94. The summed E-state index contributed by atoms with van der Waals surface area (Å²) in [6, 6.07) is 6.54. The van der Waals surface area contributed by atoms with E-state index in [4.69, 9.17) is 0 Å². The quantitative estimate of drug-likeness (QED) is 0.691. The molecule has 0 aliphatic carbocycles. The second kappa shape index (κ2) is 8.20. The van der Waals surface area contributed by atoms with Crippen LogP contribution in [0.1, 0.15) is 36.7 Å². The zero-order chi connectivity index (χ0) is 20.3. The molecule has 9 nitrogen and oxygen atoms in total. The summed E-state index contributed by atoms with van der Waals surface area (Å²) in [6.07, 6.45) is 1.99. The van der Waals surface area contributed by atoms with Crippen molar-refractivity contribution >= 4 is 17.8 Å². The van der Waals surface area contributed by atoms with Crippen molar-refractivity contribution in [3.8, 4) is 0 Å². The number of carbonyl (C=O) groups excluding carboxylic acids is 3. The Morgan fingerprint density at radius 2 is 2.04 bits per heavy atom. The van der Waals surface area contributed by atoms with E-state index in [2.05, 4.69) is 20.9 Å². The summed E-state index contributed by atoms with van der Waals surface area (Å²) in [7, 11) is 0. The second-order valence-corrected chi connectivity index (χ2v) is 7.12. The summed E-state index contributed by atoms with van der Waals surface area (Å²) in [5.74, 6) is -0.826.